The Hall–Kier alpha value is -3.36. The Kier molecular flexibility index (Phi) is 8.53. The molecule has 3 rings (SSSR count). The van der Waals surface area contributed by atoms with Crippen LogP contribution in [0.1, 0.15) is 29.8 Å². The predicted octanol–water partition coefficient (Wildman–Crippen LogP) is 4.87. The summed E-state index contributed by atoms with van der Waals surface area (Å²) in [6, 6.07) is 19.3. The first-order chi connectivity index (χ1) is 16.6. The van der Waals surface area contributed by atoms with Crippen molar-refractivity contribution in [2.75, 3.05) is 22.7 Å². The average Bonchev–Trinajstić information content (AvgIpc) is 2.82. The molecular formula is C26H28ClN3O4S. The minimum atomic E-state index is -4.09. The van der Waals surface area contributed by atoms with E-state index in [0.29, 0.717) is 34.1 Å². The van der Waals surface area contributed by atoms with Crippen molar-refractivity contribution in [3.63, 3.8) is 0 Å². The number of carbonyl (C=O) groups is 2. The summed E-state index contributed by atoms with van der Waals surface area (Å²) in [7, 11) is -4.09. The quantitative estimate of drug-likeness (QED) is 0.426. The SMILES string of the molecule is Cc1ccccc1N(CC(=O)Nc1ccccc1C(=O)NCC(C)C)S(=O)(=O)c1ccc(Cl)cc1. The fraction of sp³-hybridized carbons (Fsp3) is 0.231. The van der Waals surface area contributed by atoms with Gasteiger partial charge in [0.15, 0.2) is 0 Å². The highest BCUT2D eigenvalue weighted by atomic mass is 35.5. The van der Waals surface area contributed by atoms with E-state index >= 15 is 0 Å². The van der Waals surface area contributed by atoms with Crippen LogP contribution >= 0.6 is 11.6 Å². The zero-order valence-corrected chi connectivity index (χ0v) is 21.4. The molecule has 0 bridgehead atoms. The van der Waals surface area contributed by atoms with Crippen molar-refractivity contribution >= 4 is 44.8 Å². The van der Waals surface area contributed by atoms with Gasteiger partial charge in [-0.15, -0.1) is 0 Å². The number of aryl methyl sites for hydroxylation is 1. The number of amides is 2. The monoisotopic (exact) mass is 513 g/mol. The van der Waals surface area contributed by atoms with Gasteiger partial charge >= 0.3 is 0 Å². The maximum absolute atomic E-state index is 13.5. The van der Waals surface area contributed by atoms with Gasteiger partial charge in [0.2, 0.25) is 5.91 Å². The number of hydrogen-bond acceptors (Lipinski definition) is 4. The molecule has 0 heterocycles. The lowest BCUT2D eigenvalue weighted by atomic mass is 10.1. The van der Waals surface area contributed by atoms with Gasteiger partial charge in [0.05, 0.1) is 21.8 Å². The highest BCUT2D eigenvalue weighted by Crippen LogP contribution is 2.27. The summed E-state index contributed by atoms with van der Waals surface area (Å²) < 4.78 is 28.2. The van der Waals surface area contributed by atoms with Crippen molar-refractivity contribution in [3.8, 4) is 0 Å². The number of para-hydroxylation sites is 2. The number of hydrogen-bond donors (Lipinski definition) is 2. The maximum Gasteiger partial charge on any atom is 0.264 e. The number of rotatable bonds is 9. The Balaban J connectivity index is 1.91. The lowest BCUT2D eigenvalue weighted by Crippen LogP contribution is -2.39. The minimum Gasteiger partial charge on any atom is -0.352 e. The molecule has 0 fully saturated rings. The molecule has 0 radical (unpaired) electrons. The van der Waals surface area contributed by atoms with Gasteiger partial charge in [0.25, 0.3) is 15.9 Å². The zero-order valence-electron chi connectivity index (χ0n) is 19.8. The molecule has 0 aliphatic carbocycles. The minimum absolute atomic E-state index is 0.00594. The molecule has 3 aromatic carbocycles. The number of sulfonamides is 1. The smallest absolute Gasteiger partial charge is 0.264 e. The molecular weight excluding hydrogens is 486 g/mol. The molecule has 2 N–H and O–H groups in total. The third-order valence-corrected chi connectivity index (χ3v) is 7.22. The van der Waals surface area contributed by atoms with Crippen LogP contribution in [-0.2, 0) is 14.8 Å². The molecule has 2 amide bonds. The van der Waals surface area contributed by atoms with E-state index in [1.807, 2.05) is 13.8 Å². The number of benzene rings is 3. The zero-order chi connectivity index (χ0) is 25.6. The molecule has 3 aromatic rings. The standard InChI is InChI=1S/C26H28ClN3O4S/c1-18(2)16-28-26(32)22-9-5-6-10-23(22)29-25(31)17-30(24-11-7-4-8-19(24)3)35(33,34)21-14-12-20(27)13-15-21/h4-15,18H,16-17H2,1-3H3,(H,28,32)(H,29,31). The highest BCUT2D eigenvalue weighted by molar-refractivity contribution is 7.92. The number of nitrogens with one attached hydrogen (secondary N) is 2. The second-order valence-corrected chi connectivity index (χ2v) is 10.7. The van der Waals surface area contributed by atoms with E-state index in [0.717, 1.165) is 4.31 Å². The molecule has 0 aromatic heterocycles. The number of halogens is 1. The van der Waals surface area contributed by atoms with E-state index < -0.39 is 22.5 Å². The summed E-state index contributed by atoms with van der Waals surface area (Å²) in [4.78, 5) is 25.7. The third-order valence-electron chi connectivity index (χ3n) is 5.19. The largest absolute Gasteiger partial charge is 0.352 e. The van der Waals surface area contributed by atoms with Gasteiger partial charge in [-0.25, -0.2) is 8.42 Å². The van der Waals surface area contributed by atoms with Gasteiger partial charge in [0, 0.05) is 11.6 Å². The molecule has 0 spiro atoms. The number of nitrogens with zero attached hydrogens (tertiary/aromatic N) is 1. The van der Waals surface area contributed by atoms with Crippen LogP contribution < -0.4 is 14.9 Å². The fourth-order valence-corrected chi connectivity index (χ4v) is 4.99. The van der Waals surface area contributed by atoms with Crippen LogP contribution in [0.2, 0.25) is 5.02 Å². The topological polar surface area (TPSA) is 95.6 Å². The highest BCUT2D eigenvalue weighted by Gasteiger charge is 2.28. The maximum atomic E-state index is 13.5. The first-order valence-corrected chi connectivity index (χ1v) is 12.9. The van der Waals surface area contributed by atoms with Gasteiger partial charge in [0.1, 0.15) is 6.54 Å². The average molecular weight is 514 g/mol. The fourth-order valence-electron chi connectivity index (χ4n) is 3.38. The van der Waals surface area contributed by atoms with Gasteiger partial charge in [-0.3, -0.25) is 13.9 Å². The van der Waals surface area contributed by atoms with Crippen LogP contribution in [0.25, 0.3) is 0 Å². The molecule has 0 atom stereocenters. The van der Waals surface area contributed by atoms with Crippen molar-refractivity contribution in [3.05, 3.63) is 88.9 Å². The van der Waals surface area contributed by atoms with E-state index in [1.54, 1.807) is 55.5 Å². The van der Waals surface area contributed by atoms with Crippen molar-refractivity contribution in [1.29, 1.82) is 0 Å². The van der Waals surface area contributed by atoms with E-state index in [9.17, 15) is 18.0 Å². The molecule has 7 nitrogen and oxygen atoms in total. The van der Waals surface area contributed by atoms with Crippen LogP contribution in [0.15, 0.2) is 77.7 Å². The Bertz CT molecular complexity index is 1310. The van der Waals surface area contributed by atoms with E-state index in [4.69, 9.17) is 11.6 Å². The lowest BCUT2D eigenvalue weighted by Gasteiger charge is -2.25. The molecule has 35 heavy (non-hydrogen) atoms. The summed E-state index contributed by atoms with van der Waals surface area (Å²) in [5.74, 6) is -0.643. The normalized spacial score (nSPS) is 11.2. The lowest BCUT2D eigenvalue weighted by molar-refractivity contribution is -0.114. The summed E-state index contributed by atoms with van der Waals surface area (Å²) in [5.41, 5.74) is 1.66. The van der Waals surface area contributed by atoms with Gasteiger partial charge < -0.3 is 10.6 Å². The molecule has 0 saturated carbocycles. The summed E-state index contributed by atoms with van der Waals surface area (Å²) in [6.45, 7) is 5.73. The number of anilines is 2. The van der Waals surface area contributed by atoms with Crippen molar-refractivity contribution in [2.45, 2.75) is 25.7 Å². The summed E-state index contributed by atoms with van der Waals surface area (Å²) in [6.07, 6.45) is 0. The van der Waals surface area contributed by atoms with Crippen LogP contribution in [0, 0.1) is 12.8 Å². The Morgan fingerprint density at radius 1 is 0.943 bits per heavy atom. The van der Waals surface area contributed by atoms with E-state index in [2.05, 4.69) is 10.6 Å². The van der Waals surface area contributed by atoms with Crippen LogP contribution in [-0.4, -0.2) is 33.3 Å². The molecule has 184 valence electrons. The summed E-state index contributed by atoms with van der Waals surface area (Å²) >= 11 is 5.93. The van der Waals surface area contributed by atoms with Crippen LogP contribution in [0.4, 0.5) is 11.4 Å². The predicted molar refractivity (Wildman–Crippen MR) is 139 cm³/mol. The molecule has 0 aliphatic rings. The third kappa shape index (κ3) is 6.61. The second kappa shape index (κ2) is 11.4. The van der Waals surface area contributed by atoms with Crippen LogP contribution in [0.5, 0.6) is 0 Å². The van der Waals surface area contributed by atoms with Gasteiger partial charge in [-0.1, -0.05) is 55.8 Å². The van der Waals surface area contributed by atoms with Crippen molar-refractivity contribution in [1.82, 2.24) is 5.32 Å². The Morgan fingerprint density at radius 2 is 1.57 bits per heavy atom. The Morgan fingerprint density at radius 3 is 2.23 bits per heavy atom. The summed E-state index contributed by atoms with van der Waals surface area (Å²) in [5, 5.41) is 5.93. The van der Waals surface area contributed by atoms with Gasteiger partial charge in [-0.05, 0) is 60.9 Å². The van der Waals surface area contributed by atoms with E-state index in [-0.39, 0.29) is 16.7 Å². The molecule has 0 aliphatic heterocycles. The second-order valence-electron chi connectivity index (χ2n) is 8.45. The molecule has 0 saturated heterocycles. The number of carbonyl (C=O) groups excluding carboxylic acids is 2. The van der Waals surface area contributed by atoms with Crippen molar-refractivity contribution < 1.29 is 18.0 Å². The van der Waals surface area contributed by atoms with E-state index in [1.165, 1.54) is 24.3 Å². The van der Waals surface area contributed by atoms with Crippen LogP contribution in [0.3, 0.4) is 0 Å². The molecule has 0 unspecified atom stereocenters. The van der Waals surface area contributed by atoms with Crippen molar-refractivity contribution in [2.24, 2.45) is 5.92 Å². The molecule has 9 heteroatoms. The van der Waals surface area contributed by atoms with Gasteiger partial charge in [-0.2, -0.15) is 0 Å². The first-order valence-electron chi connectivity index (χ1n) is 11.1. The first kappa shape index (κ1) is 26.2. The Labute approximate surface area is 211 Å².